The van der Waals surface area contributed by atoms with Gasteiger partial charge in [0.15, 0.2) is 5.82 Å². The number of morpholine rings is 1. The van der Waals surface area contributed by atoms with Gasteiger partial charge in [-0.25, -0.2) is 15.0 Å². The monoisotopic (exact) mass is 449 g/mol. The molecule has 2 saturated heterocycles. The molecular formula is C23H24N5O3P. The molecule has 4 heterocycles. The van der Waals surface area contributed by atoms with E-state index >= 15 is 0 Å². The molecule has 0 aliphatic carbocycles. The molecule has 2 aliphatic rings. The first-order chi connectivity index (χ1) is 15.7. The molecule has 3 aromatic rings. The maximum absolute atomic E-state index is 13.2. The number of amides is 1. The van der Waals surface area contributed by atoms with Crippen molar-refractivity contribution in [3.8, 4) is 17.1 Å². The fourth-order valence-corrected chi connectivity index (χ4v) is 4.80. The molecule has 9 heteroatoms. The van der Waals surface area contributed by atoms with E-state index in [1.165, 1.54) is 19.5 Å². The van der Waals surface area contributed by atoms with Crippen molar-refractivity contribution in [3.63, 3.8) is 0 Å². The molecule has 2 aromatic heterocycles. The van der Waals surface area contributed by atoms with Gasteiger partial charge in [0.25, 0.3) is 5.91 Å². The van der Waals surface area contributed by atoms with Gasteiger partial charge in [-0.2, -0.15) is 0 Å². The smallest absolute Gasteiger partial charge is 0.316 e. The lowest BCUT2D eigenvalue weighted by Crippen LogP contribution is -2.46. The van der Waals surface area contributed by atoms with Gasteiger partial charge in [-0.1, -0.05) is 24.3 Å². The summed E-state index contributed by atoms with van der Waals surface area (Å²) in [6.45, 7) is 1.34. The number of fused-ring (bicyclic) bond motifs is 2. The van der Waals surface area contributed by atoms with Crippen molar-refractivity contribution in [2.75, 3.05) is 30.5 Å². The summed E-state index contributed by atoms with van der Waals surface area (Å²) < 4.78 is 10.8. The molecule has 0 radical (unpaired) electrons. The van der Waals surface area contributed by atoms with Crippen LogP contribution in [0.25, 0.3) is 11.1 Å². The van der Waals surface area contributed by atoms with Gasteiger partial charge >= 0.3 is 6.01 Å². The summed E-state index contributed by atoms with van der Waals surface area (Å²) in [7, 11) is 4.26. The summed E-state index contributed by atoms with van der Waals surface area (Å²) in [6.07, 6.45) is 6.83. The molecule has 164 valence electrons. The molecule has 8 nitrogen and oxygen atoms in total. The molecule has 2 fully saturated rings. The summed E-state index contributed by atoms with van der Waals surface area (Å²) >= 11 is 0. The van der Waals surface area contributed by atoms with Crippen molar-refractivity contribution in [1.82, 2.24) is 15.0 Å². The van der Waals surface area contributed by atoms with E-state index in [2.05, 4.69) is 29.4 Å². The lowest BCUT2D eigenvalue weighted by atomic mass is 10.0. The Morgan fingerprint density at radius 1 is 1.09 bits per heavy atom. The molecule has 2 bridgehead atoms. The quantitative estimate of drug-likeness (QED) is 0.599. The first-order valence-corrected chi connectivity index (χ1v) is 11.1. The van der Waals surface area contributed by atoms with Gasteiger partial charge in [-0.3, -0.25) is 4.79 Å². The minimum atomic E-state index is -0.301. The van der Waals surface area contributed by atoms with Crippen LogP contribution in [0, 0.1) is 0 Å². The first-order valence-electron chi connectivity index (χ1n) is 10.5. The Labute approximate surface area is 188 Å². The Kier molecular flexibility index (Phi) is 5.72. The average molecular weight is 449 g/mol. The summed E-state index contributed by atoms with van der Waals surface area (Å²) in [5.74, 6) is 0.472. The number of rotatable bonds is 5. The van der Waals surface area contributed by atoms with Gasteiger partial charge < -0.3 is 19.7 Å². The zero-order valence-corrected chi connectivity index (χ0v) is 18.8. The van der Waals surface area contributed by atoms with E-state index in [-0.39, 0.29) is 24.0 Å². The summed E-state index contributed by atoms with van der Waals surface area (Å²) in [5, 5.41) is 4.15. The van der Waals surface area contributed by atoms with Crippen LogP contribution >= 0.6 is 9.24 Å². The van der Waals surface area contributed by atoms with Crippen molar-refractivity contribution >= 4 is 32.0 Å². The number of carbonyl (C=O) groups excluding carboxylic acids is 1. The molecule has 32 heavy (non-hydrogen) atoms. The number of aromatic nitrogens is 3. The molecule has 1 aromatic carbocycles. The predicted molar refractivity (Wildman–Crippen MR) is 126 cm³/mol. The Morgan fingerprint density at radius 3 is 2.50 bits per heavy atom. The predicted octanol–water partition coefficient (Wildman–Crippen LogP) is 2.67. The maximum Gasteiger partial charge on any atom is 0.316 e. The van der Waals surface area contributed by atoms with Crippen LogP contribution in [-0.2, 0) is 4.74 Å². The summed E-state index contributed by atoms with van der Waals surface area (Å²) in [6, 6.07) is 10.7. The largest absolute Gasteiger partial charge is 0.467 e. The van der Waals surface area contributed by atoms with Gasteiger partial charge in [0.2, 0.25) is 0 Å². The van der Waals surface area contributed by atoms with Gasteiger partial charge in [-0.15, -0.1) is 9.24 Å². The molecule has 5 rings (SSSR count). The van der Waals surface area contributed by atoms with Crippen LogP contribution in [0.2, 0.25) is 0 Å². The Bertz CT molecular complexity index is 1120. The minimum absolute atomic E-state index is 0.214. The van der Waals surface area contributed by atoms with E-state index in [0.717, 1.165) is 35.1 Å². The summed E-state index contributed by atoms with van der Waals surface area (Å²) in [4.78, 5) is 28.4. The topological polar surface area (TPSA) is 89.5 Å². The molecule has 3 atom stereocenters. The third-order valence-corrected chi connectivity index (χ3v) is 6.48. The van der Waals surface area contributed by atoms with E-state index in [9.17, 15) is 4.79 Å². The zero-order chi connectivity index (χ0) is 22.1. The number of hydrogen-bond acceptors (Lipinski definition) is 7. The Hall–Kier alpha value is -3.09. The first kappa shape index (κ1) is 20.8. The number of nitrogens with one attached hydrogen (secondary N) is 1. The third-order valence-electron chi connectivity index (χ3n) is 5.98. The number of benzene rings is 1. The van der Waals surface area contributed by atoms with Crippen molar-refractivity contribution in [3.05, 3.63) is 54.5 Å². The van der Waals surface area contributed by atoms with E-state index < -0.39 is 0 Å². The zero-order valence-electron chi connectivity index (χ0n) is 17.7. The third kappa shape index (κ3) is 3.80. The fourth-order valence-electron chi connectivity index (χ4n) is 4.44. The Morgan fingerprint density at radius 2 is 1.81 bits per heavy atom. The van der Waals surface area contributed by atoms with Crippen molar-refractivity contribution in [2.24, 2.45) is 0 Å². The summed E-state index contributed by atoms with van der Waals surface area (Å²) in [5.41, 5.74) is 2.95. The number of methoxy groups -OCH3 is 1. The average Bonchev–Trinajstić information content (AvgIpc) is 3.07. The van der Waals surface area contributed by atoms with Crippen LogP contribution in [0.4, 0.5) is 11.5 Å². The molecule has 3 unspecified atom stereocenters. The second kappa shape index (κ2) is 8.81. The molecule has 1 N–H and O–H groups in total. The number of carbonyl (C=O) groups is 1. The van der Waals surface area contributed by atoms with E-state index in [1.807, 2.05) is 36.5 Å². The fraction of sp³-hybridized carbons (Fsp3) is 0.304. The highest BCUT2D eigenvalue weighted by atomic mass is 31.0. The number of pyridine rings is 1. The van der Waals surface area contributed by atoms with E-state index in [4.69, 9.17) is 14.5 Å². The van der Waals surface area contributed by atoms with Crippen LogP contribution in [0.1, 0.15) is 23.2 Å². The molecule has 2 aliphatic heterocycles. The molecule has 0 saturated carbocycles. The maximum atomic E-state index is 13.2. The lowest BCUT2D eigenvalue weighted by Gasteiger charge is -2.37. The standard InChI is InChI=1S/C23H24N5O3P/c1-30-23-25-10-14(11-26-23)22(29)27-20-18(17-4-2-3-5-19(17)32)8-9-24-21(20)28-15-6-7-16(28)13-31-12-15/h2-5,8-11,15-16H,6-7,12-13,32H2,1H3,(H,27,29). The van der Waals surface area contributed by atoms with Crippen molar-refractivity contribution < 1.29 is 14.3 Å². The minimum Gasteiger partial charge on any atom is -0.467 e. The molecular weight excluding hydrogens is 425 g/mol. The number of anilines is 2. The lowest BCUT2D eigenvalue weighted by molar-refractivity contribution is 0.0903. The SMILES string of the molecule is COc1ncc(C(=O)Nc2c(-c3ccccc3P)ccnc2N2C3CCC2COC3)cn1. The molecule has 0 spiro atoms. The second-order valence-corrected chi connectivity index (χ2v) is 8.51. The van der Waals surface area contributed by atoms with E-state index in [0.29, 0.717) is 24.5 Å². The highest BCUT2D eigenvalue weighted by molar-refractivity contribution is 7.28. The van der Waals surface area contributed by atoms with Crippen LogP contribution in [0.15, 0.2) is 48.9 Å². The normalized spacial score (nSPS) is 19.6. The van der Waals surface area contributed by atoms with Gasteiger partial charge in [0.1, 0.15) is 0 Å². The number of ether oxygens (including phenoxy) is 2. The second-order valence-electron chi connectivity index (χ2n) is 7.89. The van der Waals surface area contributed by atoms with Gasteiger partial charge in [0.05, 0.1) is 43.7 Å². The van der Waals surface area contributed by atoms with Crippen molar-refractivity contribution in [2.45, 2.75) is 24.9 Å². The number of nitrogens with zero attached hydrogens (tertiary/aromatic N) is 4. The molecule has 1 amide bonds. The van der Waals surface area contributed by atoms with E-state index in [1.54, 1.807) is 0 Å². The number of hydrogen-bond donors (Lipinski definition) is 1. The van der Waals surface area contributed by atoms with Crippen LogP contribution < -0.4 is 20.3 Å². The van der Waals surface area contributed by atoms with Gasteiger partial charge in [-0.05, 0) is 29.8 Å². The van der Waals surface area contributed by atoms with Gasteiger partial charge in [0, 0.05) is 24.2 Å². The van der Waals surface area contributed by atoms with Crippen LogP contribution in [-0.4, -0.2) is 53.3 Å². The Balaban J connectivity index is 1.59. The highest BCUT2D eigenvalue weighted by Gasteiger charge is 2.39. The van der Waals surface area contributed by atoms with Crippen molar-refractivity contribution in [1.29, 1.82) is 0 Å². The van der Waals surface area contributed by atoms with Crippen LogP contribution in [0.3, 0.4) is 0 Å². The van der Waals surface area contributed by atoms with Crippen LogP contribution in [0.5, 0.6) is 6.01 Å². The highest BCUT2D eigenvalue weighted by Crippen LogP contribution is 2.41.